The number of carboxylic acids is 1. The first-order chi connectivity index (χ1) is 16.4. The molecule has 0 heterocycles. The second-order valence-corrected chi connectivity index (χ2v) is 8.77. The van der Waals surface area contributed by atoms with Crippen molar-refractivity contribution in [3.05, 3.63) is 87.9 Å². The van der Waals surface area contributed by atoms with Gasteiger partial charge in [0.15, 0.2) is 0 Å². The molecular weight excluding hydrogens is 500 g/mol. The average Bonchev–Trinajstić information content (AvgIpc) is 3.16. The number of carboxylic acid groups (broad SMARTS) is 1. The molecule has 0 fully saturated rings. The molecule has 4 rings (SSSR count). The molecule has 1 aliphatic carbocycles. The molecule has 0 radical (unpaired) electrons. The van der Waals surface area contributed by atoms with Gasteiger partial charge < -0.3 is 20.5 Å². The highest BCUT2D eigenvalue weighted by Crippen LogP contribution is 2.44. The highest BCUT2D eigenvalue weighted by molar-refractivity contribution is 9.10. The Kier molecular flexibility index (Phi) is 6.98. The van der Waals surface area contributed by atoms with E-state index in [1.807, 2.05) is 36.4 Å². The van der Waals surface area contributed by atoms with Crippen molar-refractivity contribution in [1.82, 2.24) is 5.32 Å². The van der Waals surface area contributed by atoms with Crippen LogP contribution in [0.5, 0.6) is 0 Å². The van der Waals surface area contributed by atoms with Crippen LogP contribution >= 0.6 is 15.9 Å². The zero-order chi connectivity index (χ0) is 24.2. The first kappa shape index (κ1) is 23.5. The van der Waals surface area contributed by atoms with E-state index < -0.39 is 24.0 Å². The molecule has 1 atom stereocenters. The number of hydrogen-bond donors (Lipinski definition) is 3. The normalized spacial score (nSPS) is 12.9. The van der Waals surface area contributed by atoms with E-state index in [0.29, 0.717) is 16.6 Å². The van der Waals surface area contributed by atoms with Crippen LogP contribution in [0.1, 0.15) is 40.7 Å². The maximum Gasteiger partial charge on any atom is 0.407 e. The Balaban J connectivity index is 1.40. The van der Waals surface area contributed by atoms with Gasteiger partial charge in [-0.1, -0.05) is 55.5 Å². The van der Waals surface area contributed by atoms with Crippen molar-refractivity contribution in [2.45, 2.75) is 25.3 Å². The largest absolute Gasteiger partial charge is 0.478 e. The number of fused-ring (bicyclic) bond motifs is 3. The number of halogens is 1. The van der Waals surface area contributed by atoms with Gasteiger partial charge in [0.1, 0.15) is 12.6 Å². The van der Waals surface area contributed by atoms with E-state index in [9.17, 15) is 19.5 Å². The van der Waals surface area contributed by atoms with Crippen LogP contribution in [-0.2, 0) is 9.53 Å². The van der Waals surface area contributed by atoms with Crippen molar-refractivity contribution in [2.24, 2.45) is 0 Å². The van der Waals surface area contributed by atoms with Crippen molar-refractivity contribution < 1.29 is 24.2 Å². The summed E-state index contributed by atoms with van der Waals surface area (Å²) in [6, 6.07) is 19.6. The molecule has 1 aliphatic rings. The Morgan fingerprint density at radius 2 is 1.62 bits per heavy atom. The molecule has 34 heavy (non-hydrogen) atoms. The van der Waals surface area contributed by atoms with Crippen LogP contribution in [0.4, 0.5) is 10.5 Å². The standard InChI is InChI=1S/C26H23BrN2O5/c1-2-22(24(30)28-23-13-15(25(31)32)11-12-21(23)27)29-26(33)34-14-20-18-9-5-3-7-16(18)17-8-4-6-10-19(17)20/h3-13,20,22H,2,14H2,1H3,(H,28,30)(H,29,33)(H,31,32). The van der Waals surface area contributed by atoms with Crippen LogP contribution in [0, 0.1) is 0 Å². The van der Waals surface area contributed by atoms with E-state index in [1.165, 1.54) is 12.1 Å². The SMILES string of the molecule is CCC(NC(=O)OCC1c2ccccc2-c2ccccc21)C(=O)Nc1cc(C(=O)O)ccc1Br. The summed E-state index contributed by atoms with van der Waals surface area (Å²) in [7, 11) is 0. The second-order valence-electron chi connectivity index (χ2n) is 7.92. The fourth-order valence-electron chi connectivity index (χ4n) is 4.11. The Labute approximate surface area is 205 Å². The fraction of sp³-hybridized carbons (Fsp3) is 0.192. The number of amides is 2. The van der Waals surface area contributed by atoms with Gasteiger partial charge in [0.05, 0.1) is 11.3 Å². The molecule has 0 saturated carbocycles. The predicted octanol–water partition coefficient (Wildman–Crippen LogP) is 5.40. The lowest BCUT2D eigenvalue weighted by molar-refractivity contribution is -0.118. The van der Waals surface area contributed by atoms with E-state index in [4.69, 9.17) is 4.74 Å². The van der Waals surface area contributed by atoms with Gasteiger partial charge >= 0.3 is 12.1 Å². The summed E-state index contributed by atoms with van der Waals surface area (Å²) < 4.78 is 6.06. The van der Waals surface area contributed by atoms with Crippen LogP contribution in [-0.4, -0.2) is 35.7 Å². The average molecular weight is 523 g/mol. The predicted molar refractivity (Wildman–Crippen MR) is 132 cm³/mol. The number of carbonyl (C=O) groups is 3. The Morgan fingerprint density at radius 3 is 2.21 bits per heavy atom. The number of carbonyl (C=O) groups excluding carboxylic acids is 2. The minimum Gasteiger partial charge on any atom is -0.478 e. The molecule has 0 spiro atoms. The quantitative estimate of drug-likeness (QED) is 0.385. The lowest BCUT2D eigenvalue weighted by Gasteiger charge is -2.19. The van der Waals surface area contributed by atoms with Crippen molar-refractivity contribution in [3.63, 3.8) is 0 Å². The second kappa shape index (κ2) is 10.1. The number of benzene rings is 3. The summed E-state index contributed by atoms with van der Waals surface area (Å²) in [6.45, 7) is 1.90. The van der Waals surface area contributed by atoms with Crippen LogP contribution in [0.2, 0.25) is 0 Å². The van der Waals surface area contributed by atoms with E-state index in [0.717, 1.165) is 22.3 Å². The fourth-order valence-corrected chi connectivity index (χ4v) is 4.46. The molecule has 3 aromatic carbocycles. The Morgan fingerprint density at radius 1 is 1.00 bits per heavy atom. The third-order valence-electron chi connectivity index (χ3n) is 5.83. The maximum atomic E-state index is 12.8. The number of anilines is 1. The molecule has 0 aromatic heterocycles. The molecule has 1 unspecified atom stereocenters. The topological polar surface area (TPSA) is 105 Å². The molecule has 2 amide bonds. The monoisotopic (exact) mass is 522 g/mol. The third kappa shape index (κ3) is 4.82. The summed E-state index contributed by atoms with van der Waals surface area (Å²) in [6.07, 6.45) is -0.367. The number of nitrogens with one attached hydrogen (secondary N) is 2. The van der Waals surface area contributed by atoms with Gasteiger partial charge in [0.2, 0.25) is 5.91 Å². The summed E-state index contributed by atoms with van der Waals surface area (Å²) in [5, 5.41) is 14.5. The molecule has 0 saturated heterocycles. The molecular formula is C26H23BrN2O5. The van der Waals surface area contributed by atoms with E-state index in [-0.39, 0.29) is 18.1 Å². The molecule has 0 bridgehead atoms. The van der Waals surface area contributed by atoms with Crippen LogP contribution in [0.3, 0.4) is 0 Å². The van der Waals surface area contributed by atoms with Crippen LogP contribution < -0.4 is 10.6 Å². The van der Waals surface area contributed by atoms with Crippen molar-refractivity contribution in [3.8, 4) is 11.1 Å². The smallest absolute Gasteiger partial charge is 0.407 e. The molecule has 174 valence electrons. The first-order valence-electron chi connectivity index (χ1n) is 10.8. The number of aromatic carboxylic acids is 1. The molecule has 0 aliphatic heterocycles. The van der Waals surface area contributed by atoms with E-state index >= 15 is 0 Å². The van der Waals surface area contributed by atoms with Crippen LogP contribution in [0.15, 0.2) is 71.2 Å². The lowest BCUT2D eigenvalue weighted by Crippen LogP contribution is -2.43. The van der Waals surface area contributed by atoms with Gasteiger partial charge in [-0.25, -0.2) is 9.59 Å². The van der Waals surface area contributed by atoms with Crippen molar-refractivity contribution >= 4 is 39.6 Å². The van der Waals surface area contributed by atoms with Gasteiger partial charge in [0, 0.05) is 10.4 Å². The summed E-state index contributed by atoms with van der Waals surface area (Å²) in [5.74, 6) is -1.66. The maximum absolute atomic E-state index is 12.8. The highest BCUT2D eigenvalue weighted by Gasteiger charge is 2.29. The minimum absolute atomic E-state index is 0.0380. The Bertz CT molecular complexity index is 1210. The van der Waals surface area contributed by atoms with Gasteiger partial charge in [-0.05, 0) is 62.8 Å². The zero-order valence-electron chi connectivity index (χ0n) is 18.4. The van der Waals surface area contributed by atoms with Crippen molar-refractivity contribution in [2.75, 3.05) is 11.9 Å². The molecule has 3 aromatic rings. The van der Waals surface area contributed by atoms with Gasteiger partial charge in [0.25, 0.3) is 0 Å². The van der Waals surface area contributed by atoms with Gasteiger partial charge in [-0.3, -0.25) is 4.79 Å². The molecule has 7 nitrogen and oxygen atoms in total. The number of rotatable bonds is 7. The first-order valence-corrected chi connectivity index (χ1v) is 11.6. The van der Waals surface area contributed by atoms with E-state index in [2.05, 4.69) is 38.7 Å². The highest BCUT2D eigenvalue weighted by atomic mass is 79.9. The Hall–Kier alpha value is -3.65. The van der Waals surface area contributed by atoms with E-state index in [1.54, 1.807) is 13.0 Å². The molecule has 8 heteroatoms. The van der Waals surface area contributed by atoms with Crippen LogP contribution in [0.25, 0.3) is 11.1 Å². The number of ether oxygens (including phenoxy) is 1. The third-order valence-corrected chi connectivity index (χ3v) is 6.52. The van der Waals surface area contributed by atoms with Gasteiger partial charge in [-0.2, -0.15) is 0 Å². The zero-order valence-corrected chi connectivity index (χ0v) is 20.0. The summed E-state index contributed by atoms with van der Waals surface area (Å²) in [4.78, 5) is 36.5. The summed E-state index contributed by atoms with van der Waals surface area (Å²) in [5.41, 5.74) is 4.81. The van der Waals surface area contributed by atoms with Gasteiger partial charge in [-0.15, -0.1) is 0 Å². The summed E-state index contributed by atoms with van der Waals surface area (Å²) >= 11 is 3.30. The minimum atomic E-state index is -1.10. The lowest BCUT2D eigenvalue weighted by atomic mass is 9.98. The van der Waals surface area contributed by atoms with Crippen molar-refractivity contribution in [1.29, 1.82) is 0 Å². The number of alkyl carbamates (subject to hydrolysis) is 1. The molecule has 3 N–H and O–H groups in total. The number of hydrogen-bond acceptors (Lipinski definition) is 4.